The van der Waals surface area contributed by atoms with E-state index in [0.29, 0.717) is 5.95 Å². The Balaban J connectivity index is 1.37. The largest absolute Gasteiger partial charge is 0.455 e. The summed E-state index contributed by atoms with van der Waals surface area (Å²) in [5.74, 6) is 0.667. The normalized spacial score (nSPS) is 12.2. The van der Waals surface area contributed by atoms with Gasteiger partial charge in [-0.2, -0.15) is 0 Å². The number of hydrogen-bond acceptors (Lipinski definition) is 4. The third-order valence-corrected chi connectivity index (χ3v) is 9.67. The van der Waals surface area contributed by atoms with Crippen molar-refractivity contribution in [3.8, 4) is 17.2 Å². The minimum Gasteiger partial charge on any atom is -0.455 e. The number of furan rings is 1. The van der Waals surface area contributed by atoms with Crippen LogP contribution in [0.4, 0.5) is 0 Å². The molecular weight excluding hydrogens is 547 g/mol. The van der Waals surface area contributed by atoms with Gasteiger partial charge in [-0.15, -0.1) is 11.3 Å². The van der Waals surface area contributed by atoms with Crippen LogP contribution in [-0.2, 0) is 0 Å². The summed E-state index contributed by atoms with van der Waals surface area (Å²) in [4.78, 5) is 11.6. The molecule has 4 aromatic heterocycles. The van der Waals surface area contributed by atoms with E-state index in [1.807, 2.05) is 18.2 Å². The molecule has 0 saturated heterocycles. The van der Waals surface area contributed by atoms with Gasteiger partial charge in [0.1, 0.15) is 16.0 Å². The summed E-state index contributed by atoms with van der Waals surface area (Å²) >= 11 is 1.70. The van der Waals surface area contributed by atoms with E-state index in [2.05, 4.69) is 114 Å². The van der Waals surface area contributed by atoms with Crippen LogP contribution in [0.15, 0.2) is 132 Å². The van der Waals surface area contributed by atoms with Gasteiger partial charge in [0.25, 0.3) is 0 Å². The molecular formula is C38H21N3OS. The summed E-state index contributed by atoms with van der Waals surface area (Å²) in [5.41, 5.74) is 5.93. The van der Waals surface area contributed by atoms with Gasteiger partial charge >= 0.3 is 0 Å². The van der Waals surface area contributed by atoms with E-state index in [1.165, 1.54) is 21.5 Å². The summed E-state index contributed by atoms with van der Waals surface area (Å²) in [7, 11) is 0. The molecule has 4 heterocycles. The van der Waals surface area contributed by atoms with Gasteiger partial charge in [-0.3, -0.25) is 4.57 Å². The second-order valence-corrected chi connectivity index (χ2v) is 12.0. The van der Waals surface area contributed by atoms with Crippen LogP contribution in [0, 0.1) is 0 Å². The van der Waals surface area contributed by atoms with Crippen molar-refractivity contribution in [2.24, 2.45) is 0 Å². The van der Waals surface area contributed by atoms with Crippen molar-refractivity contribution in [2.45, 2.75) is 0 Å². The molecule has 0 N–H and O–H groups in total. The molecule has 0 atom stereocenters. The minimum atomic E-state index is 0.667. The van der Waals surface area contributed by atoms with Crippen molar-refractivity contribution in [3.63, 3.8) is 0 Å². The van der Waals surface area contributed by atoms with Crippen LogP contribution < -0.4 is 0 Å². The van der Waals surface area contributed by atoms with Gasteiger partial charge in [-0.05, 0) is 47.2 Å². The average molecular weight is 568 g/mol. The smallest absolute Gasteiger partial charge is 0.236 e. The number of para-hydroxylation sites is 2. The van der Waals surface area contributed by atoms with Gasteiger partial charge in [-0.1, -0.05) is 91.0 Å². The fourth-order valence-electron chi connectivity index (χ4n) is 6.70. The molecule has 0 bridgehead atoms. The summed E-state index contributed by atoms with van der Waals surface area (Å²) in [6.45, 7) is 0. The SMILES string of the molecule is c1ccc(-c2nc(-n3c4ccccc4c4cc5ccccc5cc43)nc3sc4ccc5c6ccccc6oc5c4c23)cc1. The molecule has 0 unspecified atom stereocenters. The molecule has 0 radical (unpaired) electrons. The Labute approximate surface area is 249 Å². The first-order valence-corrected chi connectivity index (χ1v) is 15.2. The first kappa shape index (κ1) is 23.1. The number of nitrogens with zero attached hydrogens (tertiary/aromatic N) is 3. The summed E-state index contributed by atoms with van der Waals surface area (Å²) < 4.78 is 9.89. The van der Waals surface area contributed by atoms with Crippen LogP contribution in [0.3, 0.4) is 0 Å². The van der Waals surface area contributed by atoms with E-state index in [0.717, 1.165) is 64.5 Å². The maximum atomic E-state index is 6.53. The molecule has 0 fully saturated rings. The Kier molecular flexibility index (Phi) is 4.57. The molecule has 0 aliphatic carbocycles. The Morgan fingerprint density at radius 1 is 0.558 bits per heavy atom. The van der Waals surface area contributed by atoms with Crippen LogP contribution in [0.1, 0.15) is 0 Å². The van der Waals surface area contributed by atoms with Crippen molar-refractivity contribution in [2.75, 3.05) is 0 Å². The topological polar surface area (TPSA) is 43.9 Å². The lowest BCUT2D eigenvalue weighted by molar-refractivity contribution is 0.673. The predicted octanol–water partition coefficient (Wildman–Crippen LogP) is 10.7. The van der Waals surface area contributed by atoms with Crippen molar-refractivity contribution in [3.05, 3.63) is 127 Å². The van der Waals surface area contributed by atoms with Crippen LogP contribution in [0.5, 0.6) is 0 Å². The van der Waals surface area contributed by atoms with Crippen molar-refractivity contribution in [1.29, 1.82) is 0 Å². The Morgan fingerprint density at radius 2 is 1.30 bits per heavy atom. The second kappa shape index (κ2) is 8.51. The monoisotopic (exact) mass is 567 g/mol. The predicted molar refractivity (Wildman–Crippen MR) is 179 cm³/mol. The molecule has 200 valence electrons. The molecule has 0 aliphatic rings. The molecule has 43 heavy (non-hydrogen) atoms. The Bertz CT molecular complexity index is 2730. The zero-order chi connectivity index (χ0) is 28.1. The molecule has 5 heteroatoms. The number of benzene rings is 6. The van der Waals surface area contributed by atoms with Gasteiger partial charge in [0.05, 0.1) is 16.7 Å². The third kappa shape index (κ3) is 3.20. The third-order valence-electron chi connectivity index (χ3n) is 8.62. The van der Waals surface area contributed by atoms with Crippen molar-refractivity contribution in [1.82, 2.24) is 14.5 Å². The van der Waals surface area contributed by atoms with Gasteiger partial charge in [0, 0.05) is 42.6 Å². The molecule has 10 aromatic rings. The highest BCUT2D eigenvalue weighted by Gasteiger charge is 2.23. The van der Waals surface area contributed by atoms with E-state index in [9.17, 15) is 0 Å². The number of fused-ring (bicyclic) bond motifs is 11. The number of hydrogen-bond donors (Lipinski definition) is 0. The van der Waals surface area contributed by atoms with E-state index >= 15 is 0 Å². The number of aromatic nitrogens is 3. The standard InChI is InChI=1S/C38H21N3OS/c1-2-10-22(11-3-1)35-34-33-32(19-18-27-26-15-7-9-17-31(26)42-36(27)33)43-37(34)40-38(39-35)41-29-16-8-6-14-25(29)28-20-23-12-4-5-13-24(23)21-30(28)41/h1-21H. The fourth-order valence-corrected chi connectivity index (χ4v) is 7.77. The first-order chi connectivity index (χ1) is 21.3. The zero-order valence-electron chi connectivity index (χ0n) is 22.8. The number of rotatable bonds is 2. The van der Waals surface area contributed by atoms with Crippen LogP contribution in [0.25, 0.3) is 92.0 Å². The summed E-state index contributed by atoms with van der Waals surface area (Å²) in [6, 6.07) is 44.7. The van der Waals surface area contributed by atoms with Gasteiger partial charge in [0.15, 0.2) is 0 Å². The van der Waals surface area contributed by atoms with Crippen LogP contribution in [0.2, 0.25) is 0 Å². The van der Waals surface area contributed by atoms with Crippen molar-refractivity contribution < 1.29 is 4.42 Å². The molecule has 0 aliphatic heterocycles. The highest BCUT2D eigenvalue weighted by atomic mass is 32.1. The molecule has 6 aromatic carbocycles. The Morgan fingerprint density at radius 3 is 2.19 bits per heavy atom. The van der Waals surface area contributed by atoms with Gasteiger partial charge in [-0.25, -0.2) is 9.97 Å². The van der Waals surface area contributed by atoms with E-state index in [1.54, 1.807) is 11.3 Å². The lowest BCUT2D eigenvalue weighted by atomic mass is 10.0. The highest BCUT2D eigenvalue weighted by Crippen LogP contribution is 2.45. The molecule has 0 spiro atoms. The van der Waals surface area contributed by atoms with Gasteiger partial charge in [0.2, 0.25) is 5.95 Å². The fraction of sp³-hybridized carbons (Fsp3) is 0. The molecule has 4 nitrogen and oxygen atoms in total. The second-order valence-electron chi connectivity index (χ2n) is 11.0. The summed E-state index contributed by atoms with van der Waals surface area (Å²) in [6.07, 6.45) is 0. The maximum Gasteiger partial charge on any atom is 0.236 e. The van der Waals surface area contributed by atoms with Crippen LogP contribution >= 0.6 is 11.3 Å². The zero-order valence-corrected chi connectivity index (χ0v) is 23.6. The Hall–Kier alpha value is -5.52. The maximum absolute atomic E-state index is 6.53. The lowest BCUT2D eigenvalue weighted by Crippen LogP contribution is -2.02. The minimum absolute atomic E-state index is 0.667. The van der Waals surface area contributed by atoms with E-state index in [4.69, 9.17) is 14.4 Å². The van der Waals surface area contributed by atoms with E-state index < -0.39 is 0 Å². The first-order valence-electron chi connectivity index (χ1n) is 14.3. The quantitative estimate of drug-likeness (QED) is 0.209. The number of thiophene rings is 1. The van der Waals surface area contributed by atoms with E-state index in [-0.39, 0.29) is 0 Å². The molecule has 0 amide bonds. The summed E-state index contributed by atoms with van der Waals surface area (Å²) in [5, 5.41) is 9.14. The average Bonchev–Trinajstić information content (AvgIpc) is 3.72. The molecule has 10 rings (SSSR count). The molecule has 0 saturated carbocycles. The highest BCUT2D eigenvalue weighted by molar-refractivity contribution is 7.25. The van der Waals surface area contributed by atoms with Crippen LogP contribution in [-0.4, -0.2) is 14.5 Å². The van der Waals surface area contributed by atoms with Gasteiger partial charge < -0.3 is 4.42 Å². The van der Waals surface area contributed by atoms with Crippen molar-refractivity contribution >= 4 is 86.2 Å². The lowest BCUT2D eigenvalue weighted by Gasteiger charge is -2.10.